The highest BCUT2D eigenvalue weighted by Crippen LogP contribution is 2.56. The summed E-state index contributed by atoms with van der Waals surface area (Å²) in [6.45, 7) is 21.2. The molecule has 1 nitrogen and oxygen atoms in total. The molecule has 0 amide bonds. The maximum atomic E-state index is 6.91. The quantitative estimate of drug-likeness (QED) is 0.388. The van der Waals surface area contributed by atoms with Crippen molar-refractivity contribution in [1.29, 1.82) is 0 Å². The van der Waals surface area contributed by atoms with Gasteiger partial charge in [0.05, 0.1) is 0 Å². The zero-order valence-corrected chi connectivity index (χ0v) is 20.7. The summed E-state index contributed by atoms with van der Waals surface area (Å²) >= 11 is 0. The van der Waals surface area contributed by atoms with E-state index in [0.717, 1.165) is 0 Å². The van der Waals surface area contributed by atoms with Gasteiger partial charge in [-0.05, 0) is 67.0 Å². The van der Waals surface area contributed by atoms with Crippen LogP contribution >= 0.6 is 0 Å². The first-order chi connectivity index (χ1) is 11.8. The van der Waals surface area contributed by atoms with E-state index in [1.165, 1.54) is 32.1 Å². The summed E-state index contributed by atoms with van der Waals surface area (Å²) in [4.78, 5) is 0. The van der Waals surface area contributed by atoms with Crippen LogP contribution in [0.1, 0.15) is 59.8 Å². The molecule has 3 heteroatoms. The molecule has 26 heavy (non-hydrogen) atoms. The summed E-state index contributed by atoms with van der Waals surface area (Å²) in [7, 11) is -3.04. The molecule has 1 unspecified atom stereocenters. The van der Waals surface area contributed by atoms with Crippen molar-refractivity contribution in [2.24, 2.45) is 17.3 Å². The highest BCUT2D eigenvalue weighted by Gasteiger charge is 2.53. The second-order valence-corrected chi connectivity index (χ2v) is 20.8. The van der Waals surface area contributed by atoms with Gasteiger partial charge in [-0.2, -0.15) is 0 Å². The van der Waals surface area contributed by atoms with E-state index in [1.807, 2.05) is 0 Å². The number of rotatable bonds is 2. The van der Waals surface area contributed by atoms with Crippen molar-refractivity contribution in [2.45, 2.75) is 104 Å². The molecule has 0 aromatic carbocycles. The van der Waals surface area contributed by atoms with Crippen LogP contribution in [0.15, 0.2) is 0 Å². The Balaban J connectivity index is 2.15. The van der Waals surface area contributed by atoms with Gasteiger partial charge < -0.3 is 4.43 Å². The van der Waals surface area contributed by atoms with E-state index in [2.05, 4.69) is 83.7 Å². The summed E-state index contributed by atoms with van der Waals surface area (Å²) in [5.74, 6) is 11.1. The van der Waals surface area contributed by atoms with E-state index >= 15 is 0 Å². The van der Waals surface area contributed by atoms with Crippen LogP contribution in [-0.4, -0.2) is 22.5 Å². The SMILES string of the molecule is CC(C)(C)[Si](C)(C)O[C@H]1CCC[C@@]2(C)C1CC[C@@H]2C#CC#C[Si](C)(C)C. The lowest BCUT2D eigenvalue weighted by Gasteiger charge is -2.48. The molecule has 2 rings (SSSR count). The van der Waals surface area contributed by atoms with E-state index in [0.29, 0.717) is 23.4 Å². The molecule has 0 aromatic heterocycles. The van der Waals surface area contributed by atoms with Crippen LogP contribution in [0.4, 0.5) is 0 Å². The van der Waals surface area contributed by atoms with Gasteiger partial charge in [-0.3, -0.25) is 0 Å². The second-order valence-electron chi connectivity index (χ2n) is 11.3. The smallest absolute Gasteiger partial charge is 0.192 e. The maximum Gasteiger partial charge on any atom is 0.192 e. The summed E-state index contributed by atoms with van der Waals surface area (Å²) < 4.78 is 6.91. The predicted octanol–water partition coefficient (Wildman–Crippen LogP) is 6.48. The highest BCUT2D eigenvalue weighted by molar-refractivity contribution is 6.83. The van der Waals surface area contributed by atoms with Crippen molar-refractivity contribution >= 4 is 16.4 Å². The Hall–Kier alpha value is -0.486. The number of hydrogen-bond donors (Lipinski definition) is 0. The average Bonchev–Trinajstić information content (AvgIpc) is 2.79. The van der Waals surface area contributed by atoms with Crippen molar-refractivity contribution in [3.63, 3.8) is 0 Å². The lowest BCUT2D eigenvalue weighted by Crippen LogP contribution is -2.49. The second kappa shape index (κ2) is 7.50. The molecule has 2 fully saturated rings. The van der Waals surface area contributed by atoms with Gasteiger partial charge >= 0.3 is 0 Å². The van der Waals surface area contributed by atoms with Crippen molar-refractivity contribution in [1.82, 2.24) is 0 Å². The van der Waals surface area contributed by atoms with Gasteiger partial charge in [0.1, 0.15) is 8.07 Å². The molecule has 4 atom stereocenters. The predicted molar refractivity (Wildman–Crippen MR) is 119 cm³/mol. The fraction of sp³-hybridized carbons (Fsp3) is 0.826. The van der Waals surface area contributed by atoms with Crippen molar-refractivity contribution in [2.75, 3.05) is 0 Å². The van der Waals surface area contributed by atoms with Crippen molar-refractivity contribution in [3.05, 3.63) is 0 Å². The van der Waals surface area contributed by atoms with E-state index in [4.69, 9.17) is 4.43 Å². The Morgan fingerprint density at radius 1 is 0.962 bits per heavy atom. The van der Waals surface area contributed by atoms with Crippen LogP contribution in [0.25, 0.3) is 0 Å². The molecule has 0 heterocycles. The van der Waals surface area contributed by atoms with Crippen molar-refractivity contribution in [3.8, 4) is 23.3 Å². The fourth-order valence-electron chi connectivity index (χ4n) is 4.39. The monoisotopic (exact) mass is 388 g/mol. The molecule has 2 aliphatic rings. The summed E-state index contributed by atoms with van der Waals surface area (Å²) in [6, 6.07) is 0. The average molecular weight is 389 g/mol. The fourth-order valence-corrected chi connectivity index (χ4v) is 6.22. The topological polar surface area (TPSA) is 9.23 Å². The molecule has 2 aliphatic carbocycles. The standard InChI is InChI=1S/C23H40OSi2/c1-22(2,3)26(8,9)24-21-14-12-17-23(4)19(15-16-20(21)23)13-10-11-18-25(5,6)7/h19-21H,12,14-17H2,1-9H3/t19-,20?,21-,23+/m0/s1. The minimum Gasteiger partial charge on any atom is -0.414 e. The molecular formula is C23H40OSi2. The molecule has 0 aromatic rings. The summed E-state index contributed by atoms with van der Waals surface area (Å²) in [5.41, 5.74) is 3.70. The lowest BCUT2D eigenvalue weighted by atomic mass is 9.64. The van der Waals surface area contributed by atoms with Crippen LogP contribution in [0.3, 0.4) is 0 Å². The van der Waals surface area contributed by atoms with E-state index in [9.17, 15) is 0 Å². The van der Waals surface area contributed by atoms with Gasteiger partial charge in [0.15, 0.2) is 8.32 Å². The van der Waals surface area contributed by atoms with E-state index in [-0.39, 0.29) is 5.04 Å². The number of hydrogen-bond acceptors (Lipinski definition) is 1. The first-order valence-corrected chi connectivity index (χ1v) is 16.9. The molecule has 146 valence electrons. The molecule has 0 saturated heterocycles. The van der Waals surface area contributed by atoms with Crippen molar-refractivity contribution < 1.29 is 4.43 Å². The molecular weight excluding hydrogens is 348 g/mol. The minimum absolute atomic E-state index is 0.283. The van der Waals surface area contributed by atoms with Gasteiger partial charge in [0.25, 0.3) is 0 Å². The Morgan fingerprint density at radius 3 is 2.19 bits per heavy atom. The zero-order chi connectivity index (χ0) is 19.8. The van der Waals surface area contributed by atoms with E-state index in [1.54, 1.807) is 0 Å². The maximum absolute atomic E-state index is 6.91. The highest BCUT2D eigenvalue weighted by atomic mass is 28.4. The molecule has 0 bridgehead atoms. The largest absolute Gasteiger partial charge is 0.414 e. The summed E-state index contributed by atoms with van der Waals surface area (Å²) in [6.07, 6.45) is 6.76. The third kappa shape index (κ3) is 4.86. The molecule has 0 spiro atoms. The van der Waals surface area contributed by atoms with Crippen LogP contribution in [0, 0.1) is 40.6 Å². The molecule has 0 N–H and O–H groups in total. The first kappa shape index (κ1) is 21.8. The zero-order valence-electron chi connectivity index (χ0n) is 18.7. The van der Waals surface area contributed by atoms with Crippen LogP contribution < -0.4 is 0 Å². The number of fused-ring (bicyclic) bond motifs is 1. The first-order valence-electron chi connectivity index (χ1n) is 10.5. The van der Waals surface area contributed by atoms with Gasteiger partial charge in [0.2, 0.25) is 0 Å². The lowest BCUT2D eigenvalue weighted by molar-refractivity contribution is -0.000296. The van der Waals surface area contributed by atoms with Crippen LogP contribution in [0.2, 0.25) is 37.8 Å². The normalized spacial score (nSPS) is 32.1. The van der Waals surface area contributed by atoms with Crippen LogP contribution in [-0.2, 0) is 4.43 Å². The van der Waals surface area contributed by atoms with E-state index < -0.39 is 16.4 Å². The Kier molecular flexibility index (Phi) is 6.29. The van der Waals surface area contributed by atoms with Crippen LogP contribution in [0.5, 0.6) is 0 Å². The third-order valence-electron chi connectivity index (χ3n) is 7.06. The van der Waals surface area contributed by atoms with Gasteiger partial charge in [0, 0.05) is 12.0 Å². The Labute approximate surface area is 165 Å². The van der Waals surface area contributed by atoms with Gasteiger partial charge in [-0.1, -0.05) is 59.7 Å². The molecule has 0 radical (unpaired) electrons. The Bertz CT molecular complexity index is 630. The van der Waals surface area contributed by atoms with Gasteiger partial charge in [-0.15, -0.1) is 5.54 Å². The molecule has 0 aliphatic heterocycles. The third-order valence-corrected chi connectivity index (χ3v) is 12.4. The molecule has 2 saturated carbocycles. The van der Waals surface area contributed by atoms with Gasteiger partial charge in [-0.25, -0.2) is 0 Å². The minimum atomic E-state index is -1.71. The Morgan fingerprint density at radius 2 is 1.62 bits per heavy atom. The summed E-state index contributed by atoms with van der Waals surface area (Å²) in [5, 5.41) is 0.283.